The van der Waals surface area contributed by atoms with Gasteiger partial charge in [0.1, 0.15) is 0 Å². The van der Waals surface area contributed by atoms with Gasteiger partial charge in [-0.15, -0.1) is 12.4 Å². The summed E-state index contributed by atoms with van der Waals surface area (Å²) >= 11 is 0. The number of carbonyl (C=O) groups excluding carboxylic acids is 1. The zero-order chi connectivity index (χ0) is 12.1. The average molecular weight is 264 g/mol. The van der Waals surface area contributed by atoms with Gasteiger partial charge in [-0.2, -0.15) is 0 Å². The summed E-state index contributed by atoms with van der Waals surface area (Å²) in [5.74, 6) is 0.666. The van der Waals surface area contributed by atoms with Crippen LogP contribution in [0.2, 0.25) is 0 Å². The van der Waals surface area contributed by atoms with Crippen molar-refractivity contribution in [2.45, 2.75) is 39.8 Å². The lowest BCUT2D eigenvalue weighted by atomic mass is 10.1. The molecule has 0 aromatic rings. The monoisotopic (exact) mass is 263 g/mol. The van der Waals surface area contributed by atoms with Crippen molar-refractivity contribution in [2.24, 2.45) is 5.92 Å². The summed E-state index contributed by atoms with van der Waals surface area (Å²) in [5.41, 5.74) is 0. The second-order valence-corrected chi connectivity index (χ2v) is 5.36. The molecule has 4 nitrogen and oxygen atoms in total. The van der Waals surface area contributed by atoms with Gasteiger partial charge in [0.15, 0.2) is 0 Å². The fourth-order valence-electron chi connectivity index (χ4n) is 2.15. The molecule has 0 bridgehead atoms. The highest BCUT2D eigenvalue weighted by atomic mass is 35.5. The van der Waals surface area contributed by atoms with Crippen molar-refractivity contribution in [2.75, 3.05) is 26.2 Å². The van der Waals surface area contributed by atoms with E-state index < -0.39 is 0 Å². The second-order valence-electron chi connectivity index (χ2n) is 5.36. The summed E-state index contributed by atoms with van der Waals surface area (Å²) < 4.78 is 0. The van der Waals surface area contributed by atoms with E-state index in [9.17, 15) is 4.79 Å². The van der Waals surface area contributed by atoms with Gasteiger partial charge in [0, 0.05) is 31.7 Å². The van der Waals surface area contributed by atoms with Gasteiger partial charge in [0.05, 0.1) is 6.54 Å². The summed E-state index contributed by atoms with van der Waals surface area (Å²) in [7, 11) is 0. The largest absolute Gasteiger partial charge is 0.355 e. The molecule has 5 heteroatoms. The molecular weight excluding hydrogens is 238 g/mol. The van der Waals surface area contributed by atoms with Gasteiger partial charge in [-0.3, -0.25) is 9.69 Å². The van der Waals surface area contributed by atoms with Crippen LogP contribution < -0.4 is 10.6 Å². The molecule has 0 aromatic carbocycles. The third-order valence-corrected chi connectivity index (χ3v) is 2.71. The minimum atomic E-state index is 0. The first-order valence-corrected chi connectivity index (χ1v) is 6.22. The second kappa shape index (κ2) is 7.90. The predicted octanol–water partition coefficient (Wildman–Crippen LogP) is 0.863. The van der Waals surface area contributed by atoms with Crippen molar-refractivity contribution in [3.8, 4) is 0 Å². The van der Waals surface area contributed by atoms with Gasteiger partial charge in [0.2, 0.25) is 5.91 Å². The molecule has 0 spiro atoms. The first-order valence-electron chi connectivity index (χ1n) is 6.22. The van der Waals surface area contributed by atoms with Crippen LogP contribution in [0.25, 0.3) is 0 Å². The van der Waals surface area contributed by atoms with Crippen LogP contribution >= 0.6 is 12.4 Å². The van der Waals surface area contributed by atoms with E-state index in [4.69, 9.17) is 0 Å². The Morgan fingerprint density at radius 2 is 1.88 bits per heavy atom. The molecule has 1 aliphatic heterocycles. The van der Waals surface area contributed by atoms with Crippen LogP contribution in [0.3, 0.4) is 0 Å². The molecule has 0 aliphatic carbocycles. The Hall–Kier alpha value is -0.320. The van der Waals surface area contributed by atoms with Crippen LogP contribution in [0.5, 0.6) is 0 Å². The molecule has 0 radical (unpaired) electrons. The van der Waals surface area contributed by atoms with Gasteiger partial charge >= 0.3 is 0 Å². The Morgan fingerprint density at radius 1 is 1.35 bits per heavy atom. The van der Waals surface area contributed by atoms with E-state index in [0.29, 0.717) is 24.5 Å². The Labute approximate surface area is 111 Å². The van der Waals surface area contributed by atoms with E-state index in [2.05, 4.69) is 43.2 Å². The van der Waals surface area contributed by atoms with E-state index >= 15 is 0 Å². The Kier molecular flexibility index (Phi) is 7.75. The number of piperazine rings is 1. The summed E-state index contributed by atoms with van der Waals surface area (Å²) in [6, 6.07) is 0.947. The molecule has 2 N–H and O–H groups in total. The molecule has 2 atom stereocenters. The van der Waals surface area contributed by atoms with Crippen LogP contribution in [-0.2, 0) is 4.79 Å². The van der Waals surface area contributed by atoms with Gasteiger partial charge in [-0.05, 0) is 19.8 Å². The van der Waals surface area contributed by atoms with E-state index in [0.717, 1.165) is 19.6 Å². The molecule has 1 aliphatic rings. The molecular formula is C12H26ClN3O. The van der Waals surface area contributed by atoms with Crippen LogP contribution in [0.1, 0.15) is 27.7 Å². The van der Waals surface area contributed by atoms with Crippen molar-refractivity contribution in [1.29, 1.82) is 0 Å². The third-order valence-electron chi connectivity index (χ3n) is 2.71. The molecule has 1 saturated heterocycles. The normalized spacial score (nSPS) is 25.5. The lowest BCUT2D eigenvalue weighted by molar-refractivity contribution is -0.122. The number of halogens is 1. The van der Waals surface area contributed by atoms with Crippen molar-refractivity contribution in [1.82, 2.24) is 15.5 Å². The fourth-order valence-corrected chi connectivity index (χ4v) is 2.15. The Bertz CT molecular complexity index is 226. The molecule has 1 rings (SSSR count). The smallest absolute Gasteiger partial charge is 0.234 e. The summed E-state index contributed by atoms with van der Waals surface area (Å²) in [6.07, 6.45) is 0. The highest BCUT2D eigenvalue weighted by Gasteiger charge is 2.22. The summed E-state index contributed by atoms with van der Waals surface area (Å²) in [5, 5.41) is 6.42. The van der Waals surface area contributed by atoms with Gasteiger partial charge in [-0.1, -0.05) is 13.8 Å². The zero-order valence-electron chi connectivity index (χ0n) is 11.3. The maximum absolute atomic E-state index is 11.7. The van der Waals surface area contributed by atoms with Gasteiger partial charge < -0.3 is 10.6 Å². The number of nitrogens with one attached hydrogen (secondary N) is 2. The first-order chi connectivity index (χ1) is 7.47. The first kappa shape index (κ1) is 16.7. The molecule has 0 saturated carbocycles. The number of carbonyl (C=O) groups is 1. The fraction of sp³-hybridized carbons (Fsp3) is 0.917. The predicted molar refractivity (Wildman–Crippen MR) is 73.6 cm³/mol. The molecule has 1 fully saturated rings. The molecule has 0 aromatic heterocycles. The van der Waals surface area contributed by atoms with Crippen molar-refractivity contribution in [3.63, 3.8) is 0 Å². The topological polar surface area (TPSA) is 44.4 Å². The number of amides is 1. The lowest BCUT2D eigenvalue weighted by Gasteiger charge is -2.35. The van der Waals surface area contributed by atoms with Gasteiger partial charge in [0.25, 0.3) is 0 Å². The summed E-state index contributed by atoms with van der Waals surface area (Å²) in [4.78, 5) is 13.9. The van der Waals surface area contributed by atoms with E-state index in [-0.39, 0.29) is 18.3 Å². The van der Waals surface area contributed by atoms with Crippen molar-refractivity contribution in [3.05, 3.63) is 0 Å². The Balaban J connectivity index is 0.00000256. The van der Waals surface area contributed by atoms with E-state index in [1.165, 1.54) is 0 Å². The van der Waals surface area contributed by atoms with Crippen LogP contribution in [0.4, 0.5) is 0 Å². The summed E-state index contributed by atoms with van der Waals surface area (Å²) in [6.45, 7) is 11.8. The maximum Gasteiger partial charge on any atom is 0.234 e. The lowest BCUT2D eigenvalue weighted by Crippen LogP contribution is -2.56. The zero-order valence-corrected chi connectivity index (χ0v) is 12.1. The Morgan fingerprint density at radius 3 is 2.35 bits per heavy atom. The highest BCUT2D eigenvalue weighted by Crippen LogP contribution is 2.03. The van der Waals surface area contributed by atoms with Crippen LogP contribution in [0.15, 0.2) is 0 Å². The quantitative estimate of drug-likeness (QED) is 0.791. The third kappa shape index (κ3) is 6.86. The molecule has 17 heavy (non-hydrogen) atoms. The molecule has 1 heterocycles. The van der Waals surface area contributed by atoms with Gasteiger partial charge in [-0.25, -0.2) is 0 Å². The highest BCUT2D eigenvalue weighted by molar-refractivity contribution is 5.85. The van der Waals surface area contributed by atoms with E-state index in [1.54, 1.807) is 0 Å². The molecule has 102 valence electrons. The van der Waals surface area contributed by atoms with Crippen molar-refractivity contribution < 1.29 is 4.79 Å². The number of rotatable bonds is 4. The van der Waals surface area contributed by atoms with Crippen LogP contribution in [0, 0.1) is 5.92 Å². The standard InChI is InChI=1S/C12H25N3O.ClH/c1-9(2)5-13-12(16)8-15-6-10(3)14-11(4)7-15;/h9-11,14H,5-8H2,1-4H3,(H,13,16);1H. The number of hydrogen-bond acceptors (Lipinski definition) is 3. The van der Waals surface area contributed by atoms with Crippen LogP contribution in [-0.4, -0.2) is 49.1 Å². The SMILES string of the molecule is CC(C)CNC(=O)CN1CC(C)NC(C)C1.Cl. The maximum atomic E-state index is 11.7. The number of hydrogen-bond donors (Lipinski definition) is 2. The van der Waals surface area contributed by atoms with Crippen molar-refractivity contribution >= 4 is 18.3 Å². The number of nitrogens with zero attached hydrogens (tertiary/aromatic N) is 1. The molecule has 2 unspecified atom stereocenters. The molecule has 1 amide bonds. The van der Waals surface area contributed by atoms with E-state index in [1.807, 2.05) is 0 Å². The average Bonchev–Trinajstić information content (AvgIpc) is 2.12. The minimum Gasteiger partial charge on any atom is -0.355 e. The minimum absolute atomic E-state index is 0.